The van der Waals surface area contributed by atoms with Crippen molar-refractivity contribution in [2.24, 2.45) is 0 Å². The molecule has 0 saturated heterocycles. The number of hydrogen-bond donors (Lipinski definition) is 1. The summed E-state index contributed by atoms with van der Waals surface area (Å²) in [4.78, 5) is 11.7. The van der Waals surface area contributed by atoms with Crippen molar-refractivity contribution >= 4 is 21.8 Å². The summed E-state index contributed by atoms with van der Waals surface area (Å²) in [5.74, 6) is -0.415. The zero-order valence-corrected chi connectivity index (χ0v) is 9.62. The molecule has 1 aliphatic heterocycles. The first-order chi connectivity index (χ1) is 7.56. The van der Waals surface area contributed by atoms with Crippen LogP contribution in [0.3, 0.4) is 0 Å². The van der Waals surface area contributed by atoms with Gasteiger partial charge in [0.1, 0.15) is 0 Å². The van der Waals surface area contributed by atoms with Crippen LogP contribution in [0.1, 0.15) is 12.5 Å². The van der Waals surface area contributed by atoms with Gasteiger partial charge in [0.25, 0.3) is 0 Å². The molecule has 0 aliphatic carbocycles. The molecular weight excluding hydrogens is 228 g/mol. The van der Waals surface area contributed by atoms with Gasteiger partial charge in [0, 0.05) is 6.54 Å². The smallest absolute Gasteiger partial charge is 0.273 e. The Labute approximate surface area is 94.3 Å². The van der Waals surface area contributed by atoms with Gasteiger partial charge in [-0.2, -0.15) is 17.4 Å². The minimum Gasteiger partial charge on any atom is -0.273 e. The van der Waals surface area contributed by atoms with Gasteiger partial charge in [-0.15, -0.1) is 0 Å². The number of carbonyl (C=O) groups excluding carboxylic acids is 1. The maximum atomic E-state index is 11.8. The van der Waals surface area contributed by atoms with Gasteiger partial charge < -0.3 is 0 Å². The third-order valence-electron chi connectivity index (χ3n) is 2.35. The number of amides is 1. The van der Waals surface area contributed by atoms with Gasteiger partial charge in [0.05, 0.1) is 12.1 Å². The van der Waals surface area contributed by atoms with E-state index in [2.05, 4.69) is 4.72 Å². The van der Waals surface area contributed by atoms with Crippen LogP contribution in [-0.4, -0.2) is 20.9 Å². The number of carbonyl (C=O) groups is 1. The molecule has 1 aromatic carbocycles. The van der Waals surface area contributed by atoms with Crippen LogP contribution in [0.25, 0.3) is 0 Å². The van der Waals surface area contributed by atoms with Crippen molar-refractivity contribution < 1.29 is 13.2 Å². The van der Waals surface area contributed by atoms with Gasteiger partial charge in [-0.05, 0) is 11.6 Å². The molecule has 5 nitrogen and oxygen atoms in total. The van der Waals surface area contributed by atoms with Gasteiger partial charge in [-0.1, -0.05) is 25.1 Å². The van der Waals surface area contributed by atoms with Crippen LogP contribution in [0.15, 0.2) is 24.3 Å². The minimum atomic E-state index is -3.74. The van der Waals surface area contributed by atoms with Gasteiger partial charge >= 0.3 is 10.2 Å². The highest BCUT2D eigenvalue weighted by atomic mass is 32.2. The van der Waals surface area contributed by atoms with E-state index >= 15 is 0 Å². The normalized spacial score (nSPS) is 15.3. The van der Waals surface area contributed by atoms with Crippen molar-refractivity contribution in [1.82, 2.24) is 4.72 Å². The predicted octanol–water partition coefficient (Wildman–Crippen LogP) is 0.430. The fourth-order valence-electron chi connectivity index (χ4n) is 1.74. The summed E-state index contributed by atoms with van der Waals surface area (Å²) in [7, 11) is -3.74. The maximum absolute atomic E-state index is 11.8. The van der Waals surface area contributed by atoms with E-state index in [1.54, 1.807) is 31.2 Å². The Kier molecular flexibility index (Phi) is 2.69. The largest absolute Gasteiger partial charge is 0.308 e. The van der Waals surface area contributed by atoms with Crippen LogP contribution in [0.2, 0.25) is 0 Å². The standard InChI is InChI=1S/C10H12N2O3S/c1-2-11-16(14,15)12-9-6-4-3-5-8(9)7-10(12)13/h3-6,11H,2,7H2,1H3. The first-order valence-corrected chi connectivity index (χ1v) is 6.41. The van der Waals surface area contributed by atoms with Gasteiger partial charge in [0.15, 0.2) is 0 Å². The number of hydrogen-bond acceptors (Lipinski definition) is 3. The van der Waals surface area contributed by atoms with Crippen LogP contribution in [0.5, 0.6) is 0 Å². The van der Waals surface area contributed by atoms with Gasteiger partial charge in [-0.3, -0.25) is 4.79 Å². The molecule has 1 N–H and O–H groups in total. The van der Waals surface area contributed by atoms with E-state index in [0.29, 0.717) is 5.69 Å². The number of anilines is 1. The second-order valence-electron chi connectivity index (χ2n) is 3.47. The third kappa shape index (κ3) is 1.70. The van der Waals surface area contributed by atoms with E-state index in [9.17, 15) is 13.2 Å². The maximum Gasteiger partial charge on any atom is 0.308 e. The lowest BCUT2D eigenvalue weighted by Gasteiger charge is -2.17. The molecule has 0 atom stereocenters. The number of nitrogens with one attached hydrogen (secondary N) is 1. The topological polar surface area (TPSA) is 66.5 Å². The van der Waals surface area contributed by atoms with E-state index in [-0.39, 0.29) is 13.0 Å². The average molecular weight is 240 g/mol. The summed E-state index contributed by atoms with van der Waals surface area (Å²) in [5.41, 5.74) is 1.20. The third-order valence-corrected chi connectivity index (χ3v) is 3.88. The van der Waals surface area contributed by atoms with Crippen molar-refractivity contribution in [3.05, 3.63) is 29.8 Å². The molecule has 0 radical (unpaired) electrons. The fourth-order valence-corrected chi connectivity index (χ4v) is 3.00. The number of para-hydroxylation sites is 1. The van der Waals surface area contributed by atoms with Crippen molar-refractivity contribution in [3.63, 3.8) is 0 Å². The monoisotopic (exact) mass is 240 g/mol. The molecule has 16 heavy (non-hydrogen) atoms. The Bertz CT molecular complexity index is 525. The second-order valence-corrected chi connectivity index (χ2v) is 5.07. The quantitative estimate of drug-likeness (QED) is 0.833. The molecule has 0 bridgehead atoms. The number of benzene rings is 1. The minimum absolute atomic E-state index is 0.140. The summed E-state index contributed by atoms with van der Waals surface area (Å²) >= 11 is 0. The van der Waals surface area contributed by atoms with Crippen LogP contribution in [-0.2, 0) is 21.4 Å². The molecule has 1 aromatic rings. The Morgan fingerprint density at radius 3 is 2.75 bits per heavy atom. The Morgan fingerprint density at radius 2 is 2.06 bits per heavy atom. The highest BCUT2D eigenvalue weighted by Crippen LogP contribution is 2.30. The number of nitrogens with zero attached hydrogens (tertiary/aromatic N) is 1. The first-order valence-electron chi connectivity index (χ1n) is 4.97. The van der Waals surface area contributed by atoms with E-state index in [4.69, 9.17) is 0 Å². The number of fused-ring (bicyclic) bond motifs is 1. The Morgan fingerprint density at radius 1 is 1.38 bits per heavy atom. The van der Waals surface area contributed by atoms with E-state index in [1.807, 2.05) is 0 Å². The van der Waals surface area contributed by atoms with Gasteiger partial charge in [-0.25, -0.2) is 0 Å². The zero-order valence-electron chi connectivity index (χ0n) is 8.80. The highest BCUT2D eigenvalue weighted by molar-refractivity contribution is 7.91. The van der Waals surface area contributed by atoms with E-state index in [1.165, 1.54) is 0 Å². The summed E-state index contributed by atoms with van der Waals surface area (Å²) in [6, 6.07) is 6.89. The first kappa shape index (κ1) is 11.1. The molecule has 6 heteroatoms. The molecule has 86 valence electrons. The van der Waals surface area contributed by atoms with Crippen LogP contribution in [0.4, 0.5) is 5.69 Å². The van der Waals surface area contributed by atoms with Crippen LogP contribution in [0, 0.1) is 0 Å². The van der Waals surface area contributed by atoms with Crippen molar-refractivity contribution in [2.75, 3.05) is 10.8 Å². The van der Waals surface area contributed by atoms with E-state index < -0.39 is 16.1 Å². The van der Waals surface area contributed by atoms with Gasteiger partial charge in [0.2, 0.25) is 5.91 Å². The molecule has 0 spiro atoms. The van der Waals surface area contributed by atoms with Crippen LogP contribution >= 0.6 is 0 Å². The molecular formula is C10H12N2O3S. The average Bonchev–Trinajstić information content (AvgIpc) is 2.53. The molecule has 0 fully saturated rings. The summed E-state index contributed by atoms with van der Waals surface area (Å²) in [6.07, 6.45) is 0.140. The lowest BCUT2D eigenvalue weighted by molar-refractivity contribution is -0.116. The zero-order chi connectivity index (χ0) is 11.8. The van der Waals surface area contributed by atoms with Crippen molar-refractivity contribution in [2.45, 2.75) is 13.3 Å². The summed E-state index contributed by atoms with van der Waals surface area (Å²) < 4.78 is 26.8. The fraction of sp³-hybridized carbons (Fsp3) is 0.300. The molecule has 0 unspecified atom stereocenters. The molecule has 0 aromatic heterocycles. The second kappa shape index (κ2) is 3.88. The molecule has 2 rings (SSSR count). The summed E-state index contributed by atoms with van der Waals surface area (Å²) in [5, 5.41) is 0. The SMILES string of the molecule is CCNS(=O)(=O)N1C(=O)Cc2ccccc21. The summed E-state index contributed by atoms with van der Waals surface area (Å²) in [6.45, 7) is 1.93. The van der Waals surface area contributed by atoms with Crippen molar-refractivity contribution in [3.8, 4) is 0 Å². The highest BCUT2D eigenvalue weighted by Gasteiger charge is 2.35. The molecule has 1 amide bonds. The van der Waals surface area contributed by atoms with Crippen molar-refractivity contribution in [1.29, 1.82) is 0 Å². The predicted molar refractivity (Wildman–Crippen MR) is 60.2 cm³/mol. The Hall–Kier alpha value is -1.40. The van der Waals surface area contributed by atoms with E-state index in [0.717, 1.165) is 9.87 Å². The molecule has 1 heterocycles. The molecule has 1 aliphatic rings. The number of rotatable bonds is 3. The Balaban J connectivity index is 2.47. The lowest BCUT2D eigenvalue weighted by Crippen LogP contribution is -2.42. The molecule has 0 saturated carbocycles. The van der Waals surface area contributed by atoms with Crippen LogP contribution < -0.4 is 9.03 Å². The lowest BCUT2D eigenvalue weighted by atomic mass is 10.2.